The molecule has 0 aromatic carbocycles. The zero-order chi connectivity index (χ0) is 9.54. The molecule has 0 radical (unpaired) electrons. The standard InChI is InChI=1S/C12H10N2/c1-8-4-5-10-9-3-2-6-13-11(9)7-12(10)14-8/h2-6H,7H2,1H3. The van der Waals surface area contributed by atoms with Gasteiger partial charge in [0, 0.05) is 29.4 Å². The van der Waals surface area contributed by atoms with E-state index in [9.17, 15) is 0 Å². The summed E-state index contributed by atoms with van der Waals surface area (Å²) in [6, 6.07) is 8.30. The van der Waals surface area contributed by atoms with E-state index in [1.165, 1.54) is 16.8 Å². The van der Waals surface area contributed by atoms with E-state index >= 15 is 0 Å². The lowest BCUT2D eigenvalue weighted by Gasteiger charge is -1.99. The average molecular weight is 182 g/mol. The van der Waals surface area contributed by atoms with Crippen molar-refractivity contribution < 1.29 is 0 Å². The number of aromatic nitrogens is 2. The number of fused-ring (bicyclic) bond motifs is 3. The van der Waals surface area contributed by atoms with Gasteiger partial charge in [-0.15, -0.1) is 0 Å². The molecule has 0 amide bonds. The molecule has 0 aliphatic heterocycles. The van der Waals surface area contributed by atoms with Gasteiger partial charge < -0.3 is 0 Å². The van der Waals surface area contributed by atoms with Crippen LogP contribution in [-0.4, -0.2) is 9.97 Å². The highest BCUT2D eigenvalue weighted by Gasteiger charge is 2.19. The molecule has 2 nitrogen and oxygen atoms in total. The Kier molecular flexibility index (Phi) is 1.45. The Morgan fingerprint density at radius 1 is 1.07 bits per heavy atom. The summed E-state index contributed by atoms with van der Waals surface area (Å²) >= 11 is 0. The van der Waals surface area contributed by atoms with Crippen molar-refractivity contribution in [2.75, 3.05) is 0 Å². The van der Waals surface area contributed by atoms with Crippen molar-refractivity contribution in [3.63, 3.8) is 0 Å². The third kappa shape index (κ3) is 0.970. The van der Waals surface area contributed by atoms with Crippen molar-refractivity contribution in [2.45, 2.75) is 13.3 Å². The topological polar surface area (TPSA) is 25.8 Å². The molecule has 0 spiro atoms. The molecule has 0 saturated heterocycles. The van der Waals surface area contributed by atoms with Gasteiger partial charge in [-0.3, -0.25) is 9.97 Å². The van der Waals surface area contributed by atoms with Gasteiger partial charge in [-0.05, 0) is 19.1 Å². The van der Waals surface area contributed by atoms with Crippen LogP contribution in [0, 0.1) is 6.92 Å². The molecule has 0 unspecified atom stereocenters. The predicted octanol–water partition coefficient (Wildman–Crippen LogP) is 2.36. The molecule has 3 rings (SSSR count). The predicted molar refractivity (Wildman–Crippen MR) is 55.0 cm³/mol. The molecule has 1 aliphatic carbocycles. The Hall–Kier alpha value is -1.70. The Morgan fingerprint density at radius 2 is 1.93 bits per heavy atom. The molecule has 2 heteroatoms. The van der Waals surface area contributed by atoms with Crippen LogP contribution in [0.15, 0.2) is 30.5 Å². The maximum absolute atomic E-state index is 4.53. The minimum Gasteiger partial charge on any atom is -0.260 e. The number of rotatable bonds is 0. The molecule has 0 saturated carbocycles. The third-order valence-corrected chi connectivity index (χ3v) is 2.63. The van der Waals surface area contributed by atoms with Crippen molar-refractivity contribution in [1.29, 1.82) is 0 Å². The number of aryl methyl sites for hydroxylation is 1. The normalized spacial score (nSPS) is 12.4. The fourth-order valence-corrected chi connectivity index (χ4v) is 1.97. The van der Waals surface area contributed by atoms with Crippen LogP contribution in [0.1, 0.15) is 17.1 Å². The van der Waals surface area contributed by atoms with Crippen molar-refractivity contribution in [3.05, 3.63) is 47.5 Å². The lowest BCUT2D eigenvalue weighted by molar-refractivity contribution is 1.04. The summed E-state index contributed by atoms with van der Waals surface area (Å²) in [6.45, 7) is 2.02. The number of hydrogen-bond acceptors (Lipinski definition) is 2. The van der Waals surface area contributed by atoms with Gasteiger partial charge in [0.25, 0.3) is 0 Å². The van der Waals surface area contributed by atoms with Gasteiger partial charge >= 0.3 is 0 Å². The molecule has 0 fully saturated rings. The lowest BCUT2D eigenvalue weighted by atomic mass is 10.1. The molecular formula is C12H10N2. The Balaban J connectivity index is 2.27. The average Bonchev–Trinajstić information content (AvgIpc) is 2.54. The van der Waals surface area contributed by atoms with Crippen LogP contribution in [-0.2, 0) is 6.42 Å². The van der Waals surface area contributed by atoms with Crippen LogP contribution >= 0.6 is 0 Å². The molecule has 68 valence electrons. The van der Waals surface area contributed by atoms with Crippen LogP contribution in [0.3, 0.4) is 0 Å². The minimum absolute atomic E-state index is 0.882. The molecule has 2 aromatic rings. The molecule has 2 heterocycles. The SMILES string of the molecule is Cc1ccc2c(n1)Cc1ncccc1-2. The number of hydrogen-bond donors (Lipinski definition) is 0. The van der Waals surface area contributed by atoms with Crippen molar-refractivity contribution in [1.82, 2.24) is 9.97 Å². The van der Waals surface area contributed by atoms with Gasteiger partial charge in [-0.2, -0.15) is 0 Å². The van der Waals surface area contributed by atoms with E-state index < -0.39 is 0 Å². The van der Waals surface area contributed by atoms with Gasteiger partial charge in [0.2, 0.25) is 0 Å². The fourth-order valence-electron chi connectivity index (χ4n) is 1.97. The molecular weight excluding hydrogens is 172 g/mol. The summed E-state index contributed by atoms with van der Waals surface area (Å²) < 4.78 is 0. The minimum atomic E-state index is 0.882. The van der Waals surface area contributed by atoms with E-state index in [0.29, 0.717) is 0 Å². The quantitative estimate of drug-likeness (QED) is 0.533. The first-order valence-corrected chi connectivity index (χ1v) is 4.75. The van der Waals surface area contributed by atoms with E-state index in [-0.39, 0.29) is 0 Å². The van der Waals surface area contributed by atoms with Gasteiger partial charge in [0.1, 0.15) is 0 Å². The van der Waals surface area contributed by atoms with Gasteiger partial charge in [0.05, 0.1) is 11.4 Å². The first-order chi connectivity index (χ1) is 6.84. The summed E-state index contributed by atoms with van der Waals surface area (Å²) in [4.78, 5) is 8.89. The Labute approximate surface area is 82.7 Å². The second-order valence-corrected chi connectivity index (χ2v) is 3.62. The highest BCUT2D eigenvalue weighted by molar-refractivity contribution is 5.73. The second kappa shape index (κ2) is 2.64. The largest absolute Gasteiger partial charge is 0.260 e. The van der Waals surface area contributed by atoms with E-state index in [1.54, 1.807) is 0 Å². The maximum Gasteiger partial charge on any atom is 0.0545 e. The van der Waals surface area contributed by atoms with E-state index in [4.69, 9.17) is 0 Å². The highest BCUT2D eigenvalue weighted by atomic mass is 14.8. The second-order valence-electron chi connectivity index (χ2n) is 3.62. The van der Waals surface area contributed by atoms with Crippen molar-refractivity contribution >= 4 is 0 Å². The van der Waals surface area contributed by atoms with Crippen molar-refractivity contribution in [3.8, 4) is 11.1 Å². The van der Waals surface area contributed by atoms with E-state index in [0.717, 1.165) is 17.8 Å². The van der Waals surface area contributed by atoms with Crippen LogP contribution < -0.4 is 0 Å². The van der Waals surface area contributed by atoms with Crippen LogP contribution in [0.2, 0.25) is 0 Å². The summed E-state index contributed by atoms with van der Waals surface area (Å²) in [6.07, 6.45) is 2.73. The summed E-state index contributed by atoms with van der Waals surface area (Å²) in [5.41, 5.74) is 5.89. The summed E-state index contributed by atoms with van der Waals surface area (Å²) in [7, 11) is 0. The van der Waals surface area contributed by atoms with Crippen molar-refractivity contribution in [2.24, 2.45) is 0 Å². The molecule has 0 atom stereocenters. The molecule has 0 bridgehead atoms. The first-order valence-electron chi connectivity index (χ1n) is 4.75. The van der Waals surface area contributed by atoms with Gasteiger partial charge in [-0.25, -0.2) is 0 Å². The highest BCUT2D eigenvalue weighted by Crippen LogP contribution is 2.33. The number of pyridine rings is 2. The van der Waals surface area contributed by atoms with Gasteiger partial charge in [-0.1, -0.05) is 12.1 Å². The lowest BCUT2D eigenvalue weighted by Crippen LogP contribution is -1.89. The third-order valence-electron chi connectivity index (χ3n) is 2.63. The van der Waals surface area contributed by atoms with E-state index in [2.05, 4.69) is 28.2 Å². The summed E-state index contributed by atoms with van der Waals surface area (Å²) in [5, 5.41) is 0. The molecule has 14 heavy (non-hydrogen) atoms. The molecule has 1 aliphatic rings. The number of nitrogens with zero attached hydrogens (tertiary/aromatic N) is 2. The van der Waals surface area contributed by atoms with Crippen LogP contribution in [0.4, 0.5) is 0 Å². The van der Waals surface area contributed by atoms with E-state index in [1.807, 2.05) is 19.2 Å². The van der Waals surface area contributed by atoms with Crippen LogP contribution in [0.5, 0.6) is 0 Å². The first kappa shape index (κ1) is 7.68. The molecule has 0 N–H and O–H groups in total. The maximum atomic E-state index is 4.53. The molecule has 2 aromatic heterocycles. The van der Waals surface area contributed by atoms with Crippen LogP contribution in [0.25, 0.3) is 11.1 Å². The zero-order valence-corrected chi connectivity index (χ0v) is 7.99. The Bertz CT molecular complexity index is 503. The monoisotopic (exact) mass is 182 g/mol. The van der Waals surface area contributed by atoms with Gasteiger partial charge in [0.15, 0.2) is 0 Å². The summed E-state index contributed by atoms with van der Waals surface area (Å²) in [5.74, 6) is 0. The smallest absolute Gasteiger partial charge is 0.0545 e. The zero-order valence-electron chi connectivity index (χ0n) is 7.99. The fraction of sp³-hybridized carbons (Fsp3) is 0.167. The Morgan fingerprint density at radius 3 is 2.86 bits per heavy atom.